The molecule has 292 valence electrons. The first-order valence-electron chi connectivity index (χ1n) is 21.4. The topological polar surface area (TPSA) is 93.1 Å². The molecule has 2 unspecified atom stereocenters. The summed E-state index contributed by atoms with van der Waals surface area (Å²) in [5.74, 6) is -1.31. The number of methoxy groups -OCH3 is 2. The Morgan fingerprint density at radius 1 is 0.400 bits per heavy atom. The molecule has 0 aliphatic rings. The van der Waals surface area contributed by atoms with Crippen LogP contribution in [0.25, 0.3) is 0 Å². The Morgan fingerprint density at radius 3 is 0.720 bits per heavy atom. The molecule has 0 bridgehead atoms. The first-order valence-corrected chi connectivity index (χ1v) is 29.2. The third-order valence-electron chi connectivity index (χ3n) is 9.58. The molecule has 8 heteroatoms. The summed E-state index contributed by atoms with van der Waals surface area (Å²) in [7, 11) is 3.57. The van der Waals surface area contributed by atoms with Crippen LogP contribution in [0.3, 0.4) is 0 Å². The van der Waals surface area contributed by atoms with Crippen molar-refractivity contribution in [3.8, 4) is 0 Å². The van der Waals surface area contributed by atoms with E-state index in [1.54, 1.807) is 14.2 Å². The molecule has 0 spiro atoms. The van der Waals surface area contributed by atoms with E-state index in [1.807, 2.05) is 0 Å². The molecule has 0 radical (unpaired) electrons. The first kappa shape index (κ1) is 55.1. The molecule has 0 aromatic rings. The van der Waals surface area contributed by atoms with Gasteiger partial charge >= 0.3 is 108 Å². The summed E-state index contributed by atoms with van der Waals surface area (Å²) < 4.78 is 13.1. The minimum absolute atomic E-state index is 0.345. The standard InChI is InChI=1S/2C18H36O2.C6H12O2.2Hg/c2*1-2-3-4-5-6-7-8-9-10-11-12-13-14-15-16-17-18(19)20;1-5(7-3)6(2)8-4;;/h2*2-17H2,1H3,(H,19,20);5-6H,1-2H2,3-4H3;;. The Bertz CT molecular complexity index is 590. The maximum atomic E-state index is 10.3. The Labute approximate surface area is 344 Å². The number of unbranched alkanes of at least 4 members (excludes halogenated alkanes) is 28. The van der Waals surface area contributed by atoms with Gasteiger partial charge in [-0.05, 0) is 12.8 Å². The molecule has 2 N–H and O–H groups in total. The molecule has 0 saturated heterocycles. The van der Waals surface area contributed by atoms with Crippen molar-refractivity contribution >= 4 is 11.9 Å². The van der Waals surface area contributed by atoms with Crippen LogP contribution in [0, 0.1) is 0 Å². The van der Waals surface area contributed by atoms with Crippen molar-refractivity contribution in [2.75, 3.05) is 14.2 Å². The van der Waals surface area contributed by atoms with Crippen molar-refractivity contribution in [2.45, 2.75) is 239 Å². The van der Waals surface area contributed by atoms with E-state index in [0.717, 1.165) is 77.9 Å². The number of carbonyl (C=O) groups is 2. The molecular formula is C42H84Hg2O6. The second-order valence-corrected chi connectivity index (χ2v) is 18.8. The van der Waals surface area contributed by atoms with Crippen LogP contribution in [0.4, 0.5) is 0 Å². The molecule has 50 heavy (non-hydrogen) atoms. The molecule has 6 nitrogen and oxygen atoms in total. The van der Waals surface area contributed by atoms with Gasteiger partial charge in [0.2, 0.25) is 0 Å². The van der Waals surface area contributed by atoms with Gasteiger partial charge in [0.15, 0.2) is 0 Å². The van der Waals surface area contributed by atoms with Crippen LogP contribution in [0.15, 0.2) is 0 Å². The number of hydrogen-bond donors (Lipinski definition) is 2. The summed E-state index contributed by atoms with van der Waals surface area (Å²) in [6, 6.07) is 0. The van der Waals surface area contributed by atoms with Crippen LogP contribution in [0.1, 0.15) is 219 Å². The fraction of sp³-hybridized carbons (Fsp3) is 0.952. The SMILES string of the molecule is CCCCCCCCCCCCCCCCCC(=O)O.CCCCCCCCCCCCCCCCCC(=O)O.COC([CH2][Hg])C([CH2][Hg])OC. The molecule has 2 atom stereocenters. The van der Waals surface area contributed by atoms with Crippen molar-refractivity contribution in [3.05, 3.63) is 0 Å². The van der Waals surface area contributed by atoms with E-state index in [4.69, 9.17) is 19.7 Å². The number of rotatable bonds is 37. The maximum absolute atomic E-state index is 10.3. The number of aliphatic carboxylic acids is 2. The third-order valence-corrected chi connectivity index (χ3v) is 14.0. The summed E-state index contributed by atoms with van der Waals surface area (Å²) in [5.41, 5.74) is 0. The van der Waals surface area contributed by atoms with Gasteiger partial charge in [-0.1, -0.05) is 194 Å². The van der Waals surface area contributed by atoms with E-state index in [1.165, 1.54) is 175 Å². The molecule has 0 heterocycles. The Morgan fingerprint density at radius 2 is 0.580 bits per heavy atom. The van der Waals surface area contributed by atoms with Crippen molar-refractivity contribution < 1.29 is 81.5 Å². The van der Waals surface area contributed by atoms with Crippen LogP contribution >= 0.6 is 0 Å². The predicted octanol–water partition coefficient (Wildman–Crippen LogP) is 13.6. The van der Waals surface area contributed by atoms with Crippen molar-refractivity contribution in [1.29, 1.82) is 0 Å². The molecule has 0 fully saturated rings. The van der Waals surface area contributed by atoms with Crippen molar-refractivity contribution in [1.82, 2.24) is 0 Å². The van der Waals surface area contributed by atoms with Gasteiger partial charge in [-0.2, -0.15) is 0 Å². The number of carboxylic acids is 2. The molecule has 0 aliphatic carbocycles. The zero-order chi connectivity index (χ0) is 37.8. The van der Waals surface area contributed by atoms with E-state index in [9.17, 15) is 9.59 Å². The minimum atomic E-state index is -0.653. The Kier molecular flexibility index (Phi) is 54.8. The normalized spacial score (nSPS) is 12.1. The zero-order valence-electron chi connectivity index (χ0n) is 34.1. The molecule has 0 aliphatic heterocycles. The van der Waals surface area contributed by atoms with Crippen molar-refractivity contribution in [2.24, 2.45) is 0 Å². The summed E-state index contributed by atoms with van der Waals surface area (Å²) in [6.07, 6.45) is 41.2. The van der Waals surface area contributed by atoms with Crippen molar-refractivity contribution in [3.63, 3.8) is 0 Å². The van der Waals surface area contributed by atoms with Gasteiger partial charge in [-0.15, -0.1) is 0 Å². The first-order chi connectivity index (χ1) is 24.3. The average Bonchev–Trinajstić information content (AvgIpc) is 3.10. The zero-order valence-corrected chi connectivity index (χ0v) is 45.1. The van der Waals surface area contributed by atoms with Gasteiger partial charge in [0.25, 0.3) is 0 Å². The second kappa shape index (κ2) is 49.7. The van der Waals surface area contributed by atoms with Gasteiger partial charge < -0.3 is 10.2 Å². The van der Waals surface area contributed by atoms with E-state index < -0.39 is 11.9 Å². The fourth-order valence-electron chi connectivity index (χ4n) is 6.21. The average molecular weight is 1090 g/mol. The third kappa shape index (κ3) is 50.8. The van der Waals surface area contributed by atoms with Crippen LogP contribution in [-0.2, 0) is 71.3 Å². The number of ether oxygens (including phenoxy) is 2. The molecule has 0 aromatic carbocycles. The summed E-state index contributed by atoms with van der Waals surface area (Å²) in [4.78, 5) is 20.7. The Balaban J connectivity index is -0.000000701. The van der Waals surface area contributed by atoms with Gasteiger partial charge in [-0.3, -0.25) is 9.59 Å². The van der Waals surface area contributed by atoms with E-state index in [2.05, 4.69) is 13.8 Å². The molecule has 0 aromatic heterocycles. The molecular weight excluding hydrogens is 1000 g/mol. The number of carboxylic acid groups (broad SMARTS) is 2. The monoisotopic (exact) mass is 1090 g/mol. The van der Waals surface area contributed by atoms with E-state index >= 15 is 0 Å². The quantitative estimate of drug-likeness (QED) is 0.0476. The van der Waals surface area contributed by atoms with E-state index in [0.29, 0.717) is 25.0 Å². The van der Waals surface area contributed by atoms with Gasteiger partial charge in [0.05, 0.1) is 0 Å². The summed E-state index contributed by atoms with van der Waals surface area (Å²) in [5, 5.41) is 17.0. The van der Waals surface area contributed by atoms with Crippen LogP contribution in [0.2, 0.25) is 7.86 Å². The number of hydrogen-bond acceptors (Lipinski definition) is 4. The van der Waals surface area contributed by atoms with E-state index in [-0.39, 0.29) is 0 Å². The second-order valence-electron chi connectivity index (χ2n) is 14.3. The van der Waals surface area contributed by atoms with Gasteiger partial charge in [0.1, 0.15) is 0 Å². The van der Waals surface area contributed by atoms with Crippen LogP contribution in [0.5, 0.6) is 0 Å². The Hall–Kier alpha value is 0.730. The summed E-state index contributed by atoms with van der Waals surface area (Å²) >= 11 is 1.67. The molecule has 0 saturated carbocycles. The van der Waals surface area contributed by atoms with Gasteiger partial charge in [0, 0.05) is 12.8 Å². The molecule has 0 amide bonds. The van der Waals surface area contributed by atoms with Gasteiger partial charge in [-0.25, -0.2) is 0 Å². The van der Waals surface area contributed by atoms with Crippen LogP contribution in [-0.4, -0.2) is 48.6 Å². The molecule has 0 rings (SSSR count). The fourth-order valence-corrected chi connectivity index (χ4v) is 10.9. The van der Waals surface area contributed by atoms with Crippen LogP contribution < -0.4 is 0 Å². The predicted molar refractivity (Wildman–Crippen MR) is 206 cm³/mol. The summed E-state index contributed by atoms with van der Waals surface area (Å²) in [6.45, 7) is 4.54.